The van der Waals surface area contributed by atoms with Gasteiger partial charge in [-0.2, -0.15) is 0 Å². The van der Waals surface area contributed by atoms with Crippen LogP contribution in [0.4, 0.5) is 0 Å². The zero-order valence-electron chi connectivity index (χ0n) is 8.27. The summed E-state index contributed by atoms with van der Waals surface area (Å²) in [5, 5.41) is 10.3. The molecule has 0 fully saturated rings. The second-order valence-electron chi connectivity index (χ2n) is 3.33. The molecule has 0 spiro atoms. The first kappa shape index (κ1) is 9.24. The lowest BCUT2D eigenvalue weighted by atomic mass is 10.0. The molecule has 14 heavy (non-hydrogen) atoms. The van der Waals surface area contributed by atoms with E-state index < -0.39 is 5.91 Å². The van der Waals surface area contributed by atoms with Crippen LogP contribution in [0.15, 0.2) is 30.5 Å². The van der Waals surface area contributed by atoms with E-state index in [-0.39, 0.29) is 0 Å². The van der Waals surface area contributed by atoms with E-state index in [1.165, 1.54) is 7.11 Å². The van der Waals surface area contributed by atoms with Crippen molar-refractivity contribution in [2.75, 3.05) is 14.2 Å². The predicted octanol–water partition coefficient (Wildman–Crippen LogP) is 1.35. The number of aliphatic hydroxyl groups is 1. The van der Waals surface area contributed by atoms with Crippen LogP contribution in [0.3, 0.4) is 0 Å². The van der Waals surface area contributed by atoms with Crippen LogP contribution in [-0.2, 0) is 10.6 Å². The summed E-state index contributed by atoms with van der Waals surface area (Å²) in [5.74, 6) is -1.34. The lowest BCUT2D eigenvalue weighted by molar-refractivity contribution is -0.271. The van der Waals surface area contributed by atoms with Gasteiger partial charge in [0.15, 0.2) is 0 Å². The molecule has 3 heteroatoms. The lowest BCUT2D eigenvalue weighted by Crippen LogP contribution is -2.44. The van der Waals surface area contributed by atoms with E-state index in [0.29, 0.717) is 0 Å². The maximum atomic E-state index is 10.3. The number of rotatable bonds is 1. The molecule has 0 radical (unpaired) electrons. The van der Waals surface area contributed by atoms with Crippen molar-refractivity contribution in [2.45, 2.75) is 5.91 Å². The highest BCUT2D eigenvalue weighted by Gasteiger charge is 2.36. The van der Waals surface area contributed by atoms with Crippen LogP contribution in [-0.4, -0.2) is 24.2 Å². The third kappa shape index (κ3) is 1.14. The van der Waals surface area contributed by atoms with Crippen molar-refractivity contribution in [3.63, 3.8) is 0 Å². The highest BCUT2D eigenvalue weighted by atomic mass is 16.6. The average Bonchev–Trinajstić information content (AvgIpc) is 2.24. The van der Waals surface area contributed by atoms with E-state index in [2.05, 4.69) is 0 Å². The molecular weight excluding hydrogens is 178 g/mol. The van der Waals surface area contributed by atoms with Gasteiger partial charge >= 0.3 is 0 Å². The molecule has 3 nitrogen and oxygen atoms in total. The maximum Gasteiger partial charge on any atom is 0.277 e. The third-order valence-electron chi connectivity index (χ3n) is 2.55. The van der Waals surface area contributed by atoms with E-state index in [4.69, 9.17) is 4.74 Å². The molecule has 0 aromatic heterocycles. The summed E-state index contributed by atoms with van der Waals surface area (Å²) in [7, 11) is 3.27. The quantitative estimate of drug-likeness (QED) is 0.680. The van der Waals surface area contributed by atoms with Gasteiger partial charge in [-0.1, -0.05) is 24.3 Å². The van der Waals surface area contributed by atoms with Crippen LogP contribution in [0.5, 0.6) is 0 Å². The standard InChI is InChI=1S/C11H13NO2/c1-12-8-7-9-5-3-4-6-10(9)11(12,13)14-2/h3-8,13H,1-2H3/t11-/m1/s1. The van der Waals surface area contributed by atoms with Gasteiger partial charge in [0.2, 0.25) is 0 Å². The van der Waals surface area contributed by atoms with Gasteiger partial charge in [0.25, 0.3) is 5.91 Å². The Kier molecular flexibility index (Phi) is 2.06. The molecule has 1 atom stereocenters. The second-order valence-corrected chi connectivity index (χ2v) is 3.33. The summed E-state index contributed by atoms with van der Waals surface area (Å²) < 4.78 is 5.15. The first-order valence-electron chi connectivity index (χ1n) is 4.46. The molecule has 1 aromatic carbocycles. The first-order chi connectivity index (χ1) is 6.68. The number of hydrogen-bond donors (Lipinski definition) is 1. The second kappa shape index (κ2) is 3.12. The minimum Gasteiger partial charge on any atom is -0.345 e. The SMILES string of the molecule is CO[C@]1(O)c2ccccc2C=CN1C. The van der Waals surface area contributed by atoms with Crippen LogP contribution in [0.2, 0.25) is 0 Å². The fourth-order valence-electron chi connectivity index (χ4n) is 1.68. The van der Waals surface area contributed by atoms with Gasteiger partial charge in [-0.15, -0.1) is 0 Å². The van der Waals surface area contributed by atoms with Crippen molar-refractivity contribution in [3.05, 3.63) is 41.6 Å². The Morgan fingerprint density at radius 2 is 2.07 bits per heavy atom. The van der Waals surface area contributed by atoms with E-state index in [1.54, 1.807) is 18.1 Å². The molecule has 1 aliphatic heterocycles. The van der Waals surface area contributed by atoms with Gasteiger partial charge in [0, 0.05) is 25.9 Å². The van der Waals surface area contributed by atoms with Crippen LogP contribution >= 0.6 is 0 Å². The Hall–Kier alpha value is -1.32. The van der Waals surface area contributed by atoms with Crippen molar-refractivity contribution < 1.29 is 9.84 Å². The Morgan fingerprint density at radius 1 is 1.36 bits per heavy atom. The number of benzene rings is 1. The highest BCUT2D eigenvalue weighted by molar-refractivity contribution is 5.57. The minimum atomic E-state index is -1.34. The number of methoxy groups -OCH3 is 1. The molecular formula is C11H13NO2. The van der Waals surface area contributed by atoms with Gasteiger partial charge in [0.05, 0.1) is 0 Å². The van der Waals surface area contributed by atoms with E-state index >= 15 is 0 Å². The molecule has 74 valence electrons. The molecule has 0 aliphatic carbocycles. The van der Waals surface area contributed by atoms with Crippen LogP contribution in [0, 0.1) is 0 Å². The van der Waals surface area contributed by atoms with Crippen LogP contribution in [0.25, 0.3) is 6.08 Å². The molecule has 1 heterocycles. The zero-order valence-corrected chi connectivity index (χ0v) is 8.27. The van der Waals surface area contributed by atoms with Crippen LogP contribution < -0.4 is 0 Å². The summed E-state index contributed by atoms with van der Waals surface area (Å²) in [6.45, 7) is 0. The van der Waals surface area contributed by atoms with Crippen molar-refractivity contribution in [1.82, 2.24) is 4.90 Å². The first-order valence-corrected chi connectivity index (χ1v) is 4.46. The normalized spacial score (nSPS) is 24.9. The van der Waals surface area contributed by atoms with Gasteiger partial charge < -0.3 is 14.7 Å². The summed E-state index contributed by atoms with van der Waals surface area (Å²) in [6, 6.07) is 7.63. The highest BCUT2D eigenvalue weighted by Crippen LogP contribution is 2.32. The molecule has 1 N–H and O–H groups in total. The third-order valence-corrected chi connectivity index (χ3v) is 2.55. The average molecular weight is 191 g/mol. The fourth-order valence-corrected chi connectivity index (χ4v) is 1.68. The molecule has 2 rings (SSSR count). The molecule has 0 amide bonds. The van der Waals surface area contributed by atoms with Crippen LogP contribution in [0.1, 0.15) is 11.1 Å². The molecule has 0 bridgehead atoms. The Morgan fingerprint density at radius 3 is 2.79 bits per heavy atom. The summed E-state index contributed by atoms with van der Waals surface area (Å²) in [6.07, 6.45) is 3.74. The van der Waals surface area contributed by atoms with E-state index in [0.717, 1.165) is 11.1 Å². The van der Waals surface area contributed by atoms with E-state index in [1.807, 2.05) is 30.3 Å². The summed E-state index contributed by atoms with van der Waals surface area (Å²) in [4.78, 5) is 1.63. The Balaban J connectivity index is 2.59. The number of fused-ring (bicyclic) bond motifs is 1. The number of ether oxygens (including phenoxy) is 1. The minimum absolute atomic E-state index is 0.771. The van der Waals surface area contributed by atoms with Gasteiger partial charge in [-0.25, -0.2) is 0 Å². The Labute approximate surface area is 83.2 Å². The lowest BCUT2D eigenvalue weighted by Gasteiger charge is -2.38. The summed E-state index contributed by atoms with van der Waals surface area (Å²) >= 11 is 0. The molecule has 0 saturated carbocycles. The monoisotopic (exact) mass is 191 g/mol. The van der Waals surface area contributed by atoms with Gasteiger partial charge in [-0.3, -0.25) is 0 Å². The Bertz CT molecular complexity index is 375. The molecule has 1 aromatic rings. The zero-order chi connectivity index (χ0) is 10.2. The van der Waals surface area contributed by atoms with E-state index in [9.17, 15) is 5.11 Å². The molecule has 0 saturated heterocycles. The smallest absolute Gasteiger partial charge is 0.277 e. The fraction of sp³-hybridized carbons (Fsp3) is 0.273. The molecule has 0 unspecified atom stereocenters. The van der Waals surface area contributed by atoms with Crippen molar-refractivity contribution in [1.29, 1.82) is 0 Å². The number of nitrogens with zero attached hydrogens (tertiary/aromatic N) is 1. The predicted molar refractivity (Wildman–Crippen MR) is 54.1 cm³/mol. The van der Waals surface area contributed by atoms with Crippen molar-refractivity contribution >= 4 is 6.08 Å². The maximum absolute atomic E-state index is 10.3. The topological polar surface area (TPSA) is 32.7 Å². The largest absolute Gasteiger partial charge is 0.345 e. The van der Waals surface area contributed by atoms with Crippen molar-refractivity contribution in [3.8, 4) is 0 Å². The summed E-state index contributed by atoms with van der Waals surface area (Å²) in [5.41, 5.74) is 1.75. The van der Waals surface area contributed by atoms with Gasteiger partial charge in [0.1, 0.15) is 0 Å². The number of hydrogen-bond acceptors (Lipinski definition) is 3. The van der Waals surface area contributed by atoms with Crippen molar-refractivity contribution in [2.24, 2.45) is 0 Å². The molecule has 1 aliphatic rings. The van der Waals surface area contributed by atoms with Gasteiger partial charge in [-0.05, 0) is 11.6 Å².